The SMILES string of the molecule is CC(C#N)C(=O)Oc1cc(=O)oc2cc(O)ccc12. The molecular formula is C13H9NO5. The van der Waals surface area contributed by atoms with Gasteiger partial charge >= 0.3 is 11.6 Å². The molecule has 0 aliphatic carbocycles. The molecule has 96 valence electrons. The number of aromatic hydroxyl groups is 1. The Morgan fingerprint density at radius 2 is 2.21 bits per heavy atom. The minimum atomic E-state index is -0.945. The van der Waals surface area contributed by atoms with Crippen LogP contribution in [0.1, 0.15) is 6.92 Å². The topological polar surface area (TPSA) is 101 Å². The van der Waals surface area contributed by atoms with E-state index < -0.39 is 17.5 Å². The molecular weight excluding hydrogens is 250 g/mol. The Kier molecular flexibility index (Phi) is 3.21. The highest BCUT2D eigenvalue weighted by Gasteiger charge is 2.17. The summed E-state index contributed by atoms with van der Waals surface area (Å²) in [5.74, 6) is -1.79. The fourth-order valence-electron chi connectivity index (χ4n) is 1.46. The lowest BCUT2D eigenvalue weighted by molar-refractivity contribution is -0.136. The predicted octanol–water partition coefficient (Wildman–Crippen LogP) is 1.56. The fourth-order valence-corrected chi connectivity index (χ4v) is 1.46. The number of carbonyl (C=O) groups is 1. The number of nitrogens with zero attached hydrogens (tertiary/aromatic N) is 1. The zero-order chi connectivity index (χ0) is 14.0. The lowest BCUT2D eigenvalue weighted by Gasteiger charge is -2.07. The molecule has 0 aliphatic rings. The molecule has 6 nitrogen and oxygen atoms in total. The minimum Gasteiger partial charge on any atom is -0.508 e. The zero-order valence-corrected chi connectivity index (χ0v) is 9.91. The Labute approximate surface area is 107 Å². The highest BCUT2D eigenvalue weighted by atomic mass is 16.5. The summed E-state index contributed by atoms with van der Waals surface area (Å²) in [7, 11) is 0. The maximum absolute atomic E-state index is 11.5. The summed E-state index contributed by atoms with van der Waals surface area (Å²) in [6.45, 7) is 1.39. The predicted molar refractivity (Wildman–Crippen MR) is 64.6 cm³/mol. The van der Waals surface area contributed by atoms with E-state index >= 15 is 0 Å². The zero-order valence-electron chi connectivity index (χ0n) is 9.91. The van der Waals surface area contributed by atoms with Crippen molar-refractivity contribution in [3.63, 3.8) is 0 Å². The molecule has 1 atom stereocenters. The average Bonchev–Trinajstić information content (AvgIpc) is 2.36. The van der Waals surface area contributed by atoms with E-state index in [1.165, 1.54) is 25.1 Å². The number of hydrogen-bond acceptors (Lipinski definition) is 6. The molecule has 0 saturated carbocycles. The number of esters is 1. The van der Waals surface area contributed by atoms with E-state index in [-0.39, 0.29) is 17.1 Å². The van der Waals surface area contributed by atoms with Crippen LogP contribution in [-0.2, 0) is 4.79 Å². The second kappa shape index (κ2) is 4.82. The Bertz CT molecular complexity index is 741. The van der Waals surface area contributed by atoms with Crippen molar-refractivity contribution in [2.45, 2.75) is 6.92 Å². The number of hydrogen-bond donors (Lipinski definition) is 1. The van der Waals surface area contributed by atoms with Gasteiger partial charge in [0, 0.05) is 6.07 Å². The molecule has 0 aliphatic heterocycles. The number of ether oxygens (including phenoxy) is 1. The van der Waals surface area contributed by atoms with Crippen molar-refractivity contribution in [2.24, 2.45) is 5.92 Å². The van der Waals surface area contributed by atoms with Gasteiger partial charge in [0.1, 0.15) is 23.0 Å². The third-order valence-electron chi connectivity index (χ3n) is 2.45. The van der Waals surface area contributed by atoms with Crippen LogP contribution in [0, 0.1) is 17.2 Å². The number of phenolic OH excluding ortho intramolecular Hbond substituents is 1. The van der Waals surface area contributed by atoms with Crippen LogP contribution in [0.2, 0.25) is 0 Å². The molecule has 1 N–H and O–H groups in total. The molecule has 1 unspecified atom stereocenters. The van der Waals surface area contributed by atoms with E-state index in [1.54, 1.807) is 6.07 Å². The van der Waals surface area contributed by atoms with Gasteiger partial charge in [-0.3, -0.25) is 4.79 Å². The molecule has 2 aromatic rings. The molecule has 0 spiro atoms. The van der Waals surface area contributed by atoms with Crippen LogP contribution in [0.15, 0.2) is 33.5 Å². The van der Waals surface area contributed by atoms with Crippen molar-refractivity contribution >= 4 is 16.9 Å². The largest absolute Gasteiger partial charge is 0.508 e. The number of fused-ring (bicyclic) bond motifs is 1. The molecule has 0 radical (unpaired) electrons. The van der Waals surface area contributed by atoms with Gasteiger partial charge in [-0.15, -0.1) is 0 Å². The van der Waals surface area contributed by atoms with Gasteiger partial charge in [0.05, 0.1) is 17.5 Å². The van der Waals surface area contributed by atoms with Crippen LogP contribution in [0.4, 0.5) is 0 Å². The van der Waals surface area contributed by atoms with Gasteiger partial charge in [0.2, 0.25) is 0 Å². The highest BCUT2D eigenvalue weighted by molar-refractivity contribution is 5.87. The first-order valence-corrected chi connectivity index (χ1v) is 5.39. The van der Waals surface area contributed by atoms with Crippen molar-refractivity contribution in [1.29, 1.82) is 5.26 Å². The van der Waals surface area contributed by atoms with E-state index in [1.807, 2.05) is 0 Å². The molecule has 0 amide bonds. The Morgan fingerprint density at radius 1 is 1.47 bits per heavy atom. The van der Waals surface area contributed by atoms with Gasteiger partial charge in [-0.25, -0.2) is 4.79 Å². The van der Waals surface area contributed by atoms with Gasteiger partial charge < -0.3 is 14.3 Å². The third kappa shape index (κ3) is 2.55. The van der Waals surface area contributed by atoms with E-state index in [2.05, 4.69) is 0 Å². The van der Waals surface area contributed by atoms with Crippen molar-refractivity contribution < 1.29 is 19.1 Å². The molecule has 2 rings (SSSR count). The van der Waals surface area contributed by atoms with Gasteiger partial charge in [0.15, 0.2) is 0 Å². The Hall–Kier alpha value is -2.81. The van der Waals surface area contributed by atoms with Crippen molar-refractivity contribution in [2.75, 3.05) is 0 Å². The summed E-state index contributed by atoms with van der Waals surface area (Å²) in [5, 5.41) is 18.3. The number of benzene rings is 1. The molecule has 19 heavy (non-hydrogen) atoms. The van der Waals surface area contributed by atoms with Crippen LogP contribution < -0.4 is 10.4 Å². The number of nitriles is 1. The standard InChI is InChI=1S/C13H9NO5/c1-7(6-14)13(17)19-11-5-12(16)18-10-4-8(15)2-3-9(10)11/h2-5,7,15H,1H3. The van der Waals surface area contributed by atoms with Crippen LogP contribution in [-0.4, -0.2) is 11.1 Å². The second-order valence-corrected chi connectivity index (χ2v) is 3.88. The van der Waals surface area contributed by atoms with Gasteiger partial charge in [-0.2, -0.15) is 5.26 Å². The van der Waals surface area contributed by atoms with Crippen LogP contribution in [0.3, 0.4) is 0 Å². The molecule has 1 aromatic carbocycles. The van der Waals surface area contributed by atoms with Crippen LogP contribution in [0.5, 0.6) is 11.5 Å². The first-order valence-electron chi connectivity index (χ1n) is 5.39. The summed E-state index contributed by atoms with van der Waals surface area (Å²) in [5.41, 5.74) is -0.620. The molecule has 0 fully saturated rings. The third-order valence-corrected chi connectivity index (χ3v) is 2.45. The number of phenols is 1. The lowest BCUT2D eigenvalue weighted by Crippen LogP contribution is -2.17. The molecule has 6 heteroatoms. The van der Waals surface area contributed by atoms with E-state index in [0.717, 1.165) is 6.07 Å². The summed E-state index contributed by atoms with van der Waals surface area (Å²) >= 11 is 0. The van der Waals surface area contributed by atoms with E-state index in [4.69, 9.17) is 14.4 Å². The highest BCUT2D eigenvalue weighted by Crippen LogP contribution is 2.27. The van der Waals surface area contributed by atoms with E-state index in [9.17, 15) is 14.7 Å². The first-order chi connectivity index (χ1) is 9.01. The molecule has 1 aromatic heterocycles. The van der Waals surface area contributed by atoms with Gasteiger partial charge in [-0.05, 0) is 19.1 Å². The minimum absolute atomic E-state index is 0.00153. The van der Waals surface area contributed by atoms with Gasteiger partial charge in [0.25, 0.3) is 0 Å². The average molecular weight is 259 g/mol. The number of rotatable bonds is 2. The van der Waals surface area contributed by atoms with Gasteiger partial charge in [-0.1, -0.05) is 0 Å². The normalized spacial score (nSPS) is 11.8. The van der Waals surface area contributed by atoms with Crippen molar-refractivity contribution in [3.8, 4) is 17.6 Å². The maximum atomic E-state index is 11.5. The lowest BCUT2D eigenvalue weighted by atomic mass is 10.2. The fraction of sp³-hybridized carbons (Fsp3) is 0.154. The Balaban J connectivity index is 2.52. The Morgan fingerprint density at radius 3 is 2.89 bits per heavy atom. The summed E-state index contributed by atoms with van der Waals surface area (Å²) in [6, 6.07) is 6.81. The van der Waals surface area contributed by atoms with Crippen LogP contribution >= 0.6 is 0 Å². The molecule has 0 saturated heterocycles. The first kappa shape index (κ1) is 12.6. The second-order valence-electron chi connectivity index (χ2n) is 3.88. The maximum Gasteiger partial charge on any atom is 0.339 e. The van der Waals surface area contributed by atoms with E-state index in [0.29, 0.717) is 5.39 Å². The molecule has 0 bridgehead atoms. The number of carbonyl (C=O) groups excluding carboxylic acids is 1. The van der Waals surface area contributed by atoms with Crippen molar-refractivity contribution in [3.05, 3.63) is 34.7 Å². The summed E-state index contributed by atoms with van der Waals surface area (Å²) in [6.07, 6.45) is 0. The summed E-state index contributed by atoms with van der Waals surface area (Å²) < 4.78 is 9.88. The van der Waals surface area contributed by atoms with Crippen molar-refractivity contribution in [1.82, 2.24) is 0 Å². The smallest absolute Gasteiger partial charge is 0.339 e. The summed E-state index contributed by atoms with van der Waals surface area (Å²) in [4.78, 5) is 22.9. The molecule has 1 heterocycles. The van der Waals surface area contributed by atoms with Crippen LogP contribution in [0.25, 0.3) is 11.0 Å². The quantitative estimate of drug-likeness (QED) is 0.648. The monoisotopic (exact) mass is 259 g/mol.